The molecule has 104 valence electrons. The molecule has 4 nitrogen and oxygen atoms in total. The molecule has 0 unspecified atom stereocenters. The van der Waals surface area contributed by atoms with Gasteiger partial charge in [0.1, 0.15) is 16.7 Å². The van der Waals surface area contributed by atoms with Gasteiger partial charge in [-0.25, -0.2) is 4.99 Å². The van der Waals surface area contributed by atoms with E-state index in [1.165, 1.54) is 30.3 Å². The second-order valence-electron chi connectivity index (χ2n) is 3.90. The highest BCUT2D eigenvalue weighted by Crippen LogP contribution is 2.35. The van der Waals surface area contributed by atoms with E-state index in [1.54, 1.807) is 0 Å². The van der Waals surface area contributed by atoms with Gasteiger partial charge in [0.2, 0.25) is 0 Å². The van der Waals surface area contributed by atoms with Gasteiger partial charge in [0.15, 0.2) is 0 Å². The number of hydrogen-bond acceptors (Lipinski definition) is 4. The molecule has 0 saturated heterocycles. The Bertz CT molecular complexity index is 702. The minimum atomic E-state index is -0.152. The van der Waals surface area contributed by atoms with Crippen LogP contribution in [0.1, 0.15) is 5.56 Å². The van der Waals surface area contributed by atoms with Crippen molar-refractivity contribution in [2.24, 2.45) is 4.99 Å². The number of aromatic hydroxyl groups is 2. The maximum absolute atomic E-state index is 9.57. The topological polar surface area (TPSA) is 78.8 Å². The van der Waals surface area contributed by atoms with E-state index in [4.69, 9.17) is 40.5 Å². The van der Waals surface area contributed by atoms with Gasteiger partial charge in [-0.3, -0.25) is 0 Å². The highest BCUT2D eigenvalue weighted by molar-refractivity contribution is 6.71. The molecule has 7 heteroatoms. The lowest BCUT2D eigenvalue weighted by atomic mass is 10.2. The zero-order chi connectivity index (χ0) is 14.9. The van der Waals surface area contributed by atoms with Crippen molar-refractivity contribution in [1.82, 2.24) is 0 Å². The van der Waals surface area contributed by atoms with Crippen molar-refractivity contribution in [2.45, 2.75) is 0 Å². The zero-order valence-corrected chi connectivity index (χ0v) is 12.2. The summed E-state index contributed by atoms with van der Waals surface area (Å²) < 4.78 is 0. The average Bonchev–Trinajstić information content (AvgIpc) is 2.38. The Morgan fingerprint density at radius 3 is 2.45 bits per heavy atom. The summed E-state index contributed by atoms with van der Waals surface area (Å²) in [6.45, 7) is 0. The first-order valence-electron chi connectivity index (χ1n) is 5.40. The zero-order valence-electron chi connectivity index (χ0n) is 9.94. The molecule has 0 amide bonds. The van der Waals surface area contributed by atoms with E-state index in [0.29, 0.717) is 5.69 Å². The van der Waals surface area contributed by atoms with E-state index in [-0.39, 0.29) is 38.0 Å². The molecule has 0 spiro atoms. The molecule has 0 fully saturated rings. The van der Waals surface area contributed by atoms with Crippen molar-refractivity contribution in [3.63, 3.8) is 0 Å². The first-order valence-corrected chi connectivity index (χ1v) is 6.53. The fourth-order valence-electron chi connectivity index (χ4n) is 1.54. The largest absolute Gasteiger partial charge is 0.508 e. The van der Waals surface area contributed by atoms with Gasteiger partial charge in [0.25, 0.3) is 0 Å². The second-order valence-corrected chi connectivity index (χ2v) is 5.04. The monoisotopic (exact) mass is 330 g/mol. The summed E-state index contributed by atoms with van der Waals surface area (Å²) in [5, 5.41) is 19.1. The van der Waals surface area contributed by atoms with Gasteiger partial charge in [0, 0.05) is 11.8 Å². The predicted octanol–water partition coefficient (Wildman–Crippen LogP) is 4.30. The number of phenolic OH excluding ortho intramolecular Hbond substituents is 2. The molecule has 2 aromatic carbocycles. The second kappa shape index (κ2) is 5.79. The molecule has 0 bridgehead atoms. The van der Waals surface area contributed by atoms with Crippen LogP contribution in [0.3, 0.4) is 0 Å². The molecular formula is C13H9Cl3N2O2. The number of nitrogens with zero attached hydrogens (tertiary/aromatic N) is 1. The van der Waals surface area contributed by atoms with Crippen molar-refractivity contribution in [3.8, 4) is 11.5 Å². The van der Waals surface area contributed by atoms with Crippen LogP contribution in [0.2, 0.25) is 10.0 Å². The van der Waals surface area contributed by atoms with Gasteiger partial charge < -0.3 is 15.9 Å². The van der Waals surface area contributed by atoms with Crippen LogP contribution in [-0.2, 0) is 0 Å². The van der Waals surface area contributed by atoms with Gasteiger partial charge >= 0.3 is 0 Å². The van der Waals surface area contributed by atoms with Crippen molar-refractivity contribution in [3.05, 3.63) is 45.9 Å². The number of rotatable bonds is 2. The number of benzene rings is 2. The quantitative estimate of drug-likeness (QED) is 0.436. The van der Waals surface area contributed by atoms with Gasteiger partial charge in [0.05, 0.1) is 21.3 Å². The van der Waals surface area contributed by atoms with Crippen LogP contribution >= 0.6 is 34.8 Å². The van der Waals surface area contributed by atoms with Crippen molar-refractivity contribution >= 4 is 51.3 Å². The summed E-state index contributed by atoms with van der Waals surface area (Å²) in [6.07, 6.45) is 0. The smallest absolute Gasteiger partial charge is 0.140 e. The maximum Gasteiger partial charge on any atom is 0.140 e. The van der Waals surface area contributed by atoms with Crippen LogP contribution in [-0.4, -0.2) is 15.4 Å². The molecular weight excluding hydrogens is 323 g/mol. The third-order valence-corrected chi connectivity index (χ3v) is 3.47. The van der Waals surface area contributed by atoms with Crippen LogP contribution in [0.4, 0.5) is 11.4 Å². The predicted molar refractivity (Wildman–Crippen MR) is 82.7 cm³/mol. The molecule has 20 heavy (non-hydrogen) atoms. The fourth-order valence-corrected chi connectivity index (χ4v) is 2.36. The highest BCUT2D eigenvalue weighted by atomic mass is 35.5. The number of anilines is 1. The van der Waals surface area contributed by atoms with E-state index < -0.39 is 0 Å². The number of nitrogen functional groups attached to an aromatic ring is 1. The third-order valence-electron chi connectivity index (χ3n) is 2.51. The van der Waals surface area contributed by atoms with E-state index in [9.17, 15) is 10.2 Å². The van der Waals surface area contributed by atoms with Crippen LogP contribution in [0.25, 0.3) is 0 Å². The lowest BCUT2D eigenvalue weighted by Gasteiger charge is -2.08. The fraction of sp³-hybridized carbons (Fsp3) is 0. The Morgan fingerprint density at radius 1 is 1.10 bits per heavy atom. The first-order chi connectivity index (χ1) is 9.40. The van der Waals surface area contributed by atoms with Crippen LogP contribution < -0.4 is 5.73 Å². The molecule has 0 atom stereocenters. The number of phenols is 2. The van der Waals surface area contributed by atoms with Crippen LogP contribution in [0, 0.1) is 0 Å². The minimum Gasteiger partial charge on any atom is -0.508 e. The SMILES string of the molecule is Nc1ccc(O)c(Cl)c1C(Cl)=Nc1ccc(O)cc1Cl. The van der Waals surface area contributed by atoms with Crippen molar-refractivity contribution < 1.29 is 10.2 Å². The normalized spacial score (nSPS) is 11.7. The van der Waals surface area contributed by atoms with Crippen molar-refractivity contribution in [1.29, 1.82) is 0 Å². The third kappa shape index (κ3) is 2.93. The molecule has 2 aromatic rings. The van der Waals surface area contributed by atoms with Crippen LogP contribution in [0.5, 0.6) is 11.5 Å². The van der Waals surface area contributed by atoms with Crippen molar-refractivity contribution in [2.75, 3.05) is 5.73 Å². The van der Waals surface area contributed by atoms with Gasteiger partial charge in [-0.05, 0) is 24.3 Å². The Morgan fingerprint density at radius 2 is 1.80 bits per heavy atom. The molecule has 0 heterocycles. The lowest BCUT2D eigenvalue weighted by Crippen LogP contribution is -2.00. The standard InChI is InChI=1S/C13H9Cl3N2O2/c14-7-5-6(19)1-3-9(7)18-13(16)11-8(17)2-4-10(20)12(11)15/h1-5,19-20H,17H2. The number of halogens is 3. The molecule has 0 aromatic heterocycles. The van der Waals surface area contributed by atoms with E-state index in [2.05, 4.69) is 4.99 Å². The molecule has 0 aliphatic carbocycles. The summed E-state index contributed by atoms with van der Waals surface area (Å²) >= 11 is 18.0. The van der Waals surface area contributed by atoms with E-state index in [0.717, 1.165) is 0 Å². The Balaban J connectivity index is 2.53. The van der Waals surface area contributed by atoms with Gasteiger partial charge in [-0.2, -0.15) is 0 Å². The lowest BCUT2D eigenvalue weighted by molar-refractivity contribution is 0.475. The first kappa shape index (κ1) is 14.8. The Hall–Kier alpha value is -1.62. The van der Waals surface area contributed by atoms with Gasteiger partial charge in [-0.15, -0.1) is 0 Å². The summed E-state index contributed by atoms with van der Waals surface area (Å²) in [5.74, 6) is -0.138. The maximum atomic E-state index is 9.57. The number of aliphatic imine (C=N–C) groups is 1. The molecule has 0 saturated carbocycles. The molecule has 0 radical (unpaired) electrons. The summed E-state index contributed by atoms with van der Waals surface area (Å²) in [6, 6.07) is 7.07. The van der Waals surface area contributed by atoms with E-state index in [1.807, 2.05) is 0 Å². The summed E-state index contributed by atoms with van der Waals surface area (Å²) in [7, 11) is 0. The molecule has 0 aliphatic rings. The van der Waals surface area contributed by atoms with E-state index >= 15 is 0 Å². The average molecular weight is 332 g/mol. The summed E-state index contributed by atoms with van der Waals surface area (Å²) in [5.41, 5.74) is 6.61. The number of nitrogens with two attached hydrogens (primary N) is 1. The highest BCUT2D eigenvalue weighted by Gasteiger charge is 2.14. The summed E-state index contributed by atoms with van der Waals surface area (Å²) in [4.78, 5) is 4.10. The minimum absolute atomic E-state index is 0.00801. The number of hydrogen-bond donors (Lipinski definition) is 3. The Kier molecular flexibility index (Phi) is 4.28. The van der Waals surface area contributed by atoms with Crippen LogP contribution in [0.15, 0.2) is 35.3 Å². The molecule has 0 aliphatic heterocycles. The molecule has 2 rings (SSSR count). The van der Waals surface area contributed by atoms with Gasteiger partial charge in [-0.1, -0.05) is 34.8 Å². The molecule has 4 N–H and O–H groups in total. The Labute approximate surface area is 130 Å².